The second kappa shape index (κ2) is 7.37. The van der Waals surface area contributed by atoms with Crippen LogP contribution in [0.5, 0.6) is 0 Å². The molecule has 2 nitrogen and oxygen atoms in total. The van der Waals surface area contributed by atoms with E-state index >= 15 is 0 Å². The Morgan fingerprint density at radius 2 is 2.06 bits per heavy atom. The predicted molar refractivity (Wildman–Crippen MR) is 78.5 cm³/mol. The fourth-order valence-electron chi connectivity index (χ4n) is 1.51. The van der Waals surface area contributed by atoms with Gasteiger partial charge in [0.05, 0.1) is 6.61 Å². The second-order valence-corrected chi connectivity index (χ2v) is 5.17. The second-order valence-electron chi connectivity index (χ2n) is 4.31. The van der Waals surface area contributed by atoms with Gasteiger partial charge in [0.15, 0.2) is 0 Å². The van der Waals surface area contributed by atoms with E-state index in [1.165, 1.54) is 6.08 Å². The molecule has 0 amide bonds. The predicted octanol–water partition coefficient (Wildman–Crippen LogP) is 4.42. The molecule has 3 heteroatoms. The average molecular weight is 311 g/mol. The molecule has 0 radical (unpaired) electrons. The van der Waals surface area contributed by atoms with Crippen LogP contribution in [0.15, 0.2) is 22.7 Å². The summed E-state index contributed by atoms with van der Waals surface area (Å²) in [6.45, 7) is 6.61. The van der Waals surface area contributed by atoms with Crippen molar-refractivity contribution in [3.05, 3.63) is 39.4 Å². The summed E-state index contributed by atoms with van der Waals surface area (Å²) in [6, 6.07) is 4.10. The number of carbonyl (C=O) groups is 1. The van der Waals surface area contributed by atoms with Gasteiger partial charge >= 0.3 is 5.97 Å². The van der Waals surface area contributed by atoms with Gasteiger partial charge in [0, 0.05) is 10.5 Å². The molecule has 0 fully saturated rings. The number of hydrogen-bond donors (Lipinski definition) is 0. The summed E-state index contributed by atoms with van der Waals surface area (Å²) in [5.74, 6) is -0.275. The Morgan fingerprint density at radius 3 is 2.72 bits per heavy atom. The highest BCUT2D eigenvalue weighted by Gasteiger charge is 2.01. The Morgan fingerprint density at radius 1 is 1.33 bits per heavy atom. The highest BCUT2D eigenvalue weighted by molar-refractivity contribution is 9.10. The van der Waals surface area contributed by atoms with Gasteiger partial charge in [-0.2, -0.15) is 0 Å². The molecule has 18 heavy (non-hydrogen) atoms. The Hall–Kier alpha value is -1.09. The normalized spacial score (nSPS) is 10.9. The van der Waals surface area contributed by atoms with Gasteiger partial charge in [-0.25, -0.2) is 4.79 Å². The van der Waals surface area contributed by atoms with Crippen LogP contribution in [0.4, 0.5) is 0 Å². The van der Waals surface area contributed by atoms with Crippen molar-refractivity contribution in [1.82, 2.24) is 0 Å². The first-order chi connectivity index (χ1) is 8.54. The molecule has 98 valence electrons. The molecule has 1 aromatic rings. The zero-order valence-corrected chi connectivity index (χ0v) is 12.7. The van der Waals surface area contributed by atoms with Crippen LogP contribution in [-0.2, 0) is 9.53 Å². The van der Waals surface area contributed by atoms with Crippen molar-refractivity contribution in [3.8, 4) is 0 Å². The topological polar surface area (TPSA) is 26.3 Å². The van der Waals surface area contributed by atoms with E-state index in [9.17, 15) is 4.79 Å². The lowest BCUT2D eigenvalue weighted by Gasteiger charge is -2.05. The van der Waals surface area contributed by atoms with Crippen LogP contribution in [0.2, 0.25) is 0 Å². The van der Waals surface area contributed by atoms with E-state index in [4.69, 9.17) is 4.74 Å². The molecule has 0 spiro atoms. The summed E-state index contributed by atoms with van der Waals surface area (Å²) in [5.41, 5.74) is 3.33. The number of rotatable bonds is 5. The van der Waals surface area contributed by atoms with Gasteiger partial charge < -0.3 is 4.74 Å². The third kappa shape index (κ3) is 4.65. The molecule has 0 aliphatic rings. The van der Waals surface area contributed by atoms with Gasteiger partial charge in [0.25, 0.3) is 0 Å². The van der Waals surface area contributed by atoms with Gasteiger partial charge in [0.1, 0.15) is 0 Å². The van der Waals surface area contributed by atoms with E-state index in [-0.39, 0.29) is 5.97 Å². The molecule has 0 atom stereocenters. The standard InChI is InChI=1S/C15H19BrO2/c1-4-5-8-18-15(17)7-6-13-9-12(3)14(16)10-11(13)2/h6-7,9-10H,4-5,8H2,1-3H3/b7-6+. The van der Waals surface area contributed by atoms with Crippen LogP contribution in [0.25, 0.3) is 6.08 Å². The molecule has 1 aromatic carbocycles. The average Bonchev–Trinajstić information content (AvgIpc) is 2.32. The zero-order chi connectivity index (χ0) is 13.5. The van der Waals surface area contributed by atoms with E-state index in [0.29, 0.717) is 6.61 Å². The lowest BCUT2D eigenvalue weighted by atomic mass is 10.1. The molecule has 0 aliphatic heterocycles. The SMILES string of the molecule is CCCCOC(=O)/C=C/c1cc(C)c(Br)cc1C. The fourth-order valence-corrected chi connectivity index (χ4v) is 1.96. The monoisotopic (exact) mass is 310 g/mol. The lowest BCUT2D eigenvalue weighted by molar-refractivity contribution is -0.137. The van der Waals surface area contributed by atoms with Crippen LogP contribution < -0.4 is 0 Å². The van der Waals surface area contributed by atoms with Crippen LogP contribution in [0.3, 0.4) is 0 Å². The lowest BCUT2D eigenvalue weighted by Crippen LogP contribution is -2.01. The summed E-state index contributed by atoms with van der Waals surface area (Å²) in [5, 5.41) is 0. The van der Waals surface area contributed by atoms with Crippen LogP contribution in [0, 0.1) is 13.8 Å². The van der Waals surface area contributed by atoms with E-state index in [0.717, 1.165) is 34.0 Å². The van der Waals surface area contributed by atoms with E-state index in [1.54, 1.807) is 0 Å². The molecule has 0 bridgehead atoms. The Kier molecular flexibility index (Phi) is 6.13. The molecule has 0 unspecified atom stereocenters. The first kappa shape index (κ1) is 15.0. The number of aryl methyl sites for hydroxylation is 2. The minimum absolute atomic E-state index is 0.275. The summed E-state index contributed by atoms with van der Waals surface area (Å²) >= 11 is 3.49. The third-order valence-electron chi connectivity index (χ3n) is 2.69. The van der Waals surface area contributed by atoms with Crippen molar-refractivity contribution in [3.63, 3.8) is 0 Å². The van der Waals surface area contributed by atoms with Crippen LogP contribution in [0.1, 0.15) is 36.5 Å². The Labute approximate surface area is 117 Å². The van der Waals surface area contributed by atoms with Crippen molar-refractivity contribution < 1.29 is 9.53 Å². The maximum Gasteiger partial charge on any atom is 0.330 e. The van der Waals surface area contributed by atoms with Gasteiger partial charge in [-0.3, -0.25) is 0 Å². The van der Waals surface area contributed by atoms with Gasteiger partial charge in [0.2, 0.25) is 0 Å². The number of benzene rings is 1. The quantitative estimate of drug-likeness (QED) is 0.457. The Balaban J connectivity index is 2.66. The molecular weight excluding hydrogens is 292 g/mol. The molecule has 0 heterocycles. The van der Waals surface area contributed by atoms with Crippen molar-refractivity contribution in [2.45, 2.75) is 33.6 Å². The minimum Gasteiger partial charge on any atom is -0.463 e. The summed E-state index contributed by atoms with van der Waals surface area (Å²) in [7, 11) is 0. The third-order valence-corrected chi connectivity index (χ3v) is 3.54. The smallest absolute Gasteiger partial charge is 0.330 e. The van der Waals surface area contributed by atoms with Crippen molar-refractivity contribution >= 4 is 28.0 Å². The molecule has 0 aromatic heterocycles. The molecular formula is C15H19BrO2. The largest absolute Gasteiger partial charge is 0.463 e. The molecule has 0 aliphatic carbocycles. The Bertz CT molecular complexity index is 450. The first-order valence-corrected chi connectivity index (χ1v) is 6.95. The summed E-state index contributed by atoms with van der Waals surface area (Å²) in [4.78, 5) is 11.4. The summed E-state index contributed by atoms with van der Waals surface area (Å²) in [6.07, 6.45) is 5.24. The maximum atomic E-state index is 11.4. The van der Waals surface area contributed by atoms with Gasteiger partial charge in [-0.05, 0) is 49.1 Å². The number of halogens is 1. The number of esters is 1. The fraction of sp³-hybridized carbons (Fsp3) is 0.400. The summed E-state index contributed by atoms with van der Waals surface area (Å²) < 4.78 is 6.15. The van der Waals surface area contributed by atoms with Crippen molar-refractivity contribution in [2.24, 2.45) is 0 Å². The number of hydrogen-bond acceptors (Lipinski definition) is 2. The highest BCUT2D eigenvalue weighted by atomic mass is 79.9. The van der Waals surface area contributed by atoms with E-state index in [2.05, 4.69) is 35.0 Å². The van der Waals surface area contributed by atoms with Crippen molar-refractivity contribution in [2.75, 3.05) is 6.61 Å². The molecule has 0 N–H and O–H groups in total. The van der Waals surface area contributed by atoms with Crippen LogP contribution >= 0.6 is 15.9 Å². The van der Waals surface area contributed by atoms with E-state index in [1.807, 2.05) is 19.9 Å². The van der Waals surface area contributed by atoms with Gasteiger partial charge in [-0.15, -0.1) is 0 Å². The first-order valence-electron chi connectivity index (χ1n) is 6.16. The zero-order valence-electron chi connectivity index (χ0n) is 11.1. The molecule has 1 rings (SSSR count). The number of unbranched alkanes of at least 4 members (excludes halogenated alkanes) is 1. The van der Waals surface area contributed by atoms with E-state index < -0.39 is 0 Å². The number of carbonyl (C=O) groups excluding carboxylic acids is 1. The molecule has 0 saturated carbocycles. The highest BCUT2D eigenvalue weighted by Crippen LogP contribution is 2.21. The molecule has 0 saturated heterocycles. The van der Waals surface area contributed by atoms with Gasteiger partial charge in [-0.1, -0.05) is 35.3 Å². The number of ether oxygens (including phenoxy) is 1. The van der Waals surface area contributed by atoms with Crippen LogP contribution in [-0.4, -0.2) is 12.6 Å². The minimum atomic E-state index is -0.275. The maximum absolute atomic E-state index is 11.4. The van der Waals surface area contributed by atoms with Crippen molar-refractivity contribution in [1.29, 1.82) is 0 Å².